The lowest BCUT2D eigenvalue weighted by Gasteiger charge is -2.29. The Bertz CT molecular complexity index is 1100. The van der Waals surface area contributed by atoms with Crippen LogP contribution in [0, 0.1) is 16.0 Å². The lowest BCUT2D eigenvalue weighted by atomic mass is 10.0. The Morgan fingerprint density at radius 1 is 1.21 bits per heavy atom. The van der Waals surface area contributed by atoms with Crippen molar-refractivity contribution in [1.29, 1.82) is 0 Å². The van der Waals surface area contributed by atoms with Crippen molar-refractivity contribution in [2.45, 2.75) is 30.4 Å². The molecule has 1 N–H and O–H groups in total. The topological polar surface area (TPSA) is 119 Å². The fourth-order valence-electron chi connectivity index (χ4n) is 3.51. The number of piperidine rings is 1. The van der Waals surface area contributed by atoms with Crippen molar-refractivity contribution >= 4 is 39.1 Å². The minimum Gasteiger partial charge on any atom is -0.490 e. The van der Waals surface area contributed by atoms with Crippen molar-refractivity contribution in [3.8, 4) is 5.75 Å². The monoisotopic (exact) mass is 493 g/mol. The van der Waals surface area contributed by atoms with E-state index in [-0.39, 0.29) is 28.0 Å². The van der Waals surface area contributed by atoms with Crippen molar-refractivity contribution in [2.24, 2.45) is 5.92 Å². The third-order valence-corrected chi connectivity index (χ3v) is 8.38. The number of amides is 1. The highest BCUT2D eigenvalue weighted by molar-refractivity contribution is 7.99. The van der Waals surface area contributed by atoms with E-state index < -0.39 is 14.9 Å². The number of hydrogen-bond acceptors (Lipinski definition) is 7. The van der Waals surface area contributed by atoms with E-state index in [0.29, 0.717) is 36.0 Å². The van der Waals surface area contributed by atoms with Gasteiger partial charge in [-0.1, -0.05) is 13.0 Å². The molecule has 1 saturated heterocycles. The summed E-state index contributed by atoms with van der Waals surface area (Å²) in [5.41, 5.74) is 1.10. The van der Waals surface area contributed by atoms with Crippen molar-refractivity contribution < 1.29 is 22.9 Å². The van der Waals surface area contributed by atoms with Gasteiger partial charge in [0.1, 0.15) is 0 Å². The highest BCUT2D eigenvalue weighted by Crippen LogP contribution is 2.29. The summed E-state index contributed by atoms with van der Waals surface area (Å²) in [6, 6.07) is 10.9. The molecule has 3 rings (SSSR count). The van der Waals surface area contributed by atoms with Crippen LogP contribution in [0.2, 0.25) is 0 Å². The second-order valence-corrected chi connectivity index (χ2v) is 10.8. The molecule has 0 bridgehead atoms. The van der Waals surface area contributed by atoms with Gasteiger partial charge in [-0.15, -0.1) is 11.8 Å². The summed E-state index contributed by atoms with van der Waals surface area (Å²) in [6.45, 7) is 3.17. The number of sulfonamides is 1. The number of thioether (sulfide) groups is 1. The largest absolute Gasteiger partial charge is 0.490 e. The van der Waals surface area contributed by atoms with Crippen LogP contribution in [-0.4, -0.2) is 49.5 Å². The van der Waals surface area contributed by atoms with Crippen LogP contribution in [0.5, 0.6) is 5.75 Å². The summed E-state index contributed by atoms with van der Waals surface area (Å²) in [5, 5.41) is 13.9. The van der Waals surface area contributed by atoms with Gasteiger partial charge in [0.25, 0.3) is 0 Å². The van der Waals surface area contributed by atoms with Crippen LogP contribution < -0.4 is 10.1 Å². The number of anilines is 1. The lowest BCUT2D eigenvalue weighted by molar-refractivity contribution is -0.385. The van der Waals surface area contributed by atoms with Gasteiger partial charge in [-0.3, -0.25) is 14.9 Å². The molecule has 1 amide bonds. The molecule has 1 heterocycles. The second kappa shape index (κ2) is 11.0. The third kappa shape index (κ3) is 6.46. The van der Waals surface area contributed by atoms with E-state index in [2.05, 4.69) is 12.2 Å². The van der Waals surface area contributed by atoms with Crippen molar-refractivity contribution in [1.82, 2.24) is 4.31 Å². The summed E-state index contributed by atoms with van der Waals surface area (Å²) < 4.78 is 32.1. The van der Waals surface area contributed by atoms with Crippen LogP contribution in [0.4, 0.5) is 11.4 Å². The average Bonchev–Trinajstić information content (AvgIpc) is 2.79. The minimum atomic E-state index is -3.53. The van der Waals surface area contributed by atoms with Crippen molar-refractivity contribution in [3.05, 3.63) is 58.1 Å². The van der Waals surface area contributed by atoms with E-state index in [9.17, 15) is 23.3 Å². The van der Waals surface area contributed by atoms with E-state index >= 15 is 0 Å². The Morgan fingerprint density at radius 2 is 1.88 bits per heavy atom. The van der Waals surface area contributed by atoms with Crippen LogP contribution in [0.1, 0.15) is 25.3 Å². The predicted octanol–water partition coefficient (Wildman–Crippen LogP) is 3.90. The zero-order valence-electron chi connectivity index (χ0n) is 18.5. The molecule has 2 aromatic carbocycles. The number of nitro groups is 1. The molecule has 0 unspecified atom stereocenters. The van der Waals surface area contributed by atoms with Crippen molar-refractivity contribution in [3.63, 3.8) is 0 Å². The molecule has 11 heteroatoms. The van der Waals surface area contributed by atoms with Gasteiger partial charge < -0.3 is 10.1 Å². The average molecular weight is 494 g/mol. The summed E-state index contributed by atoms with van der Waals surface area (Å²) in [5.74, 6) is 1.04. The quantitative estimate of drug-likeness (QED) is 0.416. The van der Waals surface area contributed by atoms with Crippen LogP contribution in [0.3, 0.4) is 0 Å². The Labute approximate surface area is 197 Å². The minimum absolute atomic E-state index is 0.117. The number of carbonyl (C=O) groups excluding carboxylic acids is 1. The number of benzene rings is 2. The number of nitrogens with zero attached hydrogens (tertiary/aromatic N) is 2. The maximum absolute atomic E-state index is 12.8. The van der Waals surface area contributed by atoms with E-state index in [1.807, 2.05) is 0 Å². The Kier molecular flexibility index (Phi) is 8.33. The molecule has 33 heavy (non-hydrogen) atoms. The highest BCUT2D eigenvalue weighted by atomic mass is 32.2. The van der Waals surface area contributed by atoms with E-state index in [0.717, 1.165) is 12.8 Å². The van der Waals surface area contributed by atoms with Crippen molar-refractivity contribution in [2.75, 3.05) is 31.3 Å². The summed E-state index contributed by atoms with van der Waals surface area (Å²) in [6.07, 6.45) is 1.71. The predicted molar refractivity (Wildman–Crippen MR) is 128 cm³/mol. The molecule has 9 nitrogen and oxygen atoms in total. The number of nitrogens with one attached hydrogen (secondary N) is 1. The highest BCUT2D eigenvalue weighted by Gasteiger charge is 2.27. The molecule has 2 aromatic rings. The second-order valence-electron chi connectivity index (χ2n) is 7.92. The van der Waals surface area contributed by atoms with Crippen LogP contribution in [-0.2, 0) is 20.6 Å². The smallest absolute Gasteiger partial charge is 0.311 e. The molecule has 178 valence electrons. The van der Waals surface area contributed by atoms with E-state index in [1.54, 1.807) is 18.2 Å². The first kappa shape index (κ1) is 25.0. The van der Waals surface area contributed by atoms with Gasteiger partial charge in [0.05, 0.1) is 22.7 Å². The molecular formula is C22H27N3O6S2. The molecule has 0 aliphatic carbocycles. The molecule has 1 fully saturated rings. The normalized spacial score (nSPS) is 15.2. The van der Waals surface area contributed by atoms with Crippen LogP contribution in [0.15, 0.2) is 47.4 Å². The van der Waals surface area contributed by atoms with Gasteiger partial charge in [0.15, 0.2) is 5.75 Å². The molecule has 0 aromatic heterocycles. The van der Waals surface area contributed by atoms with E-state index in [4.69, 9.17) is 4.74 Å². The number of carbonyl (C=O) groups is 1. The molecular weight excluding hydrogens is 466 g/mol. The lowest BCUT2D eigenvalue weighted by Crippen LogP contribution is -2.37. The number of hydrogen-bond donors (Lipinski definition) is 1. The summed E-state index contributed by atoms with van der Waals surface area (Å²) >= 11 is 1.32. The van der Waals surface area contributed by atoms with Gasteiger partial charge in [-0.25, -0.2) is 8.42 Å². The maximum atomic E-state index is 12.8. The molecule has 1 aliphatic heterocycles. The fourth-order valence-corrected chi connectivity index (χ4v) is 5.76. The van der Waals surface area contributed by atoms with Gasteiger partial charge in [-0.2, -0.15) is 4.31 Å². The fraction of sp³-hybridized carbons (Fsp3) is 0.409. The summed E-state index contributed by atoms with van der Waals surface area (Å²) in [4.78, 5) is 23.1. The first-order valence-electron chi connectivity index (χ1n) is 10.5. The summed E-state index contributed by atoms with van der Waals surface area (Å²) in [7, 11) is -2.16. The Morgan fingerprint density at radius 3 is 2.48 bits per heavy atom. The first-order chi connectivity index (χ1) is 15.7. The van der Waals surface area contributed by atoms with Gasteiger partial charge in [0, 0.05) is 30.6 Å². The number of ether oxygens (including phenoxy) is 1. The van der Waals surface area contributed by atoms with Crippen LogP contribution in [0.25, 0.3) is 0 Å². The number of rotatable bonds is 9. The zero-order chi connectivity index (χ0) is 24.0. The standard InChI is InChI=1S/C22H27N3O6S2/c1-16-9-11-24(12-10-16)33(29,30)19-6-4-18(5-7-19)23-22(26)15-32-14-17-3-8-21(31-2)20(13-17)25(27)28/h3-8,13,16H,9-12,14-15H2,1-2H3,(H,23,26). The molecule has 0 saturated carbocycles. The third-order valence-electron chi connectivity index (χ3n) is 5.46. The molecule has 0 spiro atoms. The molecule has 0 radical (unpaired) electrons. The maximum Gasteiger partial charge on any atom is 0.311 e. The van der Waals surface area contributed by atoms with Gasteiger partial charge >= 0.3 is 5.69 Å². The number of methoxy groups -OCH3 is 1. The Hall–Kier alpha value is -2.63. The first-order valence-corrected chi connectivity index (χ1v) is 13.1. The number of nitro benzene ring substituents is 1. The van der Waals surface area contributed by atoms with Gasteiger partial charge in [0.2, 0.25) is 15.9 Å². The van der Waals surface area contributed by atoms with E-state index in [1.165, 1.54) is 47.4 Å². The Balaban J connectivity index is 1.52. The molecule has 0 atom stereocenters. The van der Waals surface area contributed by atoms with Crippen LogP contribution >= 0.6 is 11.8 Å². The SMILES string of the molecule is COc1ccc(CSCC(=O)Nc2ccc(S(=O)(=O)N3CCC(C)CC3)cc2)cc1[N+](=O)[O-]. The zero-order valence-corrected chi connectivity index (χ0v) is 20.2. The van der Waals surface area contributed by atoms with Gasteiger partial charge in [-0.05, 0) is 54.7 Å². The molecule has 1 aliphatic rings.